The Morgan fingerprint density at radius 1 is 1.45 bits per heavy atom. The molecule has 1 fully saturated rings. The van der Waals surface area contributed by atoms with E-state index in [2.05, 4.69) is 6.42 Å². The average Bonchev–Trinajstić information content (AvgIpc) is 2.05. The predicted molar refractivity (Wildman–Crippen MR) is 44.1 cm³/mol. The number of methoxy groups -OCH3 is 1. The van der Waals surface area contributed by atoms with E-state index in [-0.39, 0.29) is 12.2 Å². The van der Waals surface area contributed by atoms with Gasteiger partial charge in [0.25, 0.3) is 0 Å². The fraction of sp³-hybridized carbons (Fsp3) is 0.889. The van der Waals surface area contributed by atoms with Gasteiger partial charge in [-0.2, -0.15) is 0 Å². The van der Waals surface area contributed by atoms with E-state index in [9.17, 15) is 5.11 Å². The van der Waals surface area contributed by atoms with Crippen molar-refractivity contribution in [3.05, 3.63) is 6.42 Å². The van der Waals surface area contributed by atoms with Gasteiger partial charge < -0.3 is 9.84 Å². The maximum atomic E-state index is 9.67. The minimum absolute atomic E-state index is 0.0601. The van der Waals surface area contributed by atoms with Crippen molar-refractivity contribution in [1.29, 1.82) is 0 Å². The van der Waals surface area contributed by atoms with Crippen molar-refractivity contribution in [3.63, 3.8) is 0 Å². The smallest absolute Gasteiger partial charge is 0.0833 e. The lowest BCUT2D eigenvalue weighted by atomic mass is 9.83. The minimum Gasteiger partial charge on any atom is -0.390 e. The van der Waals surface area contributed by atoms with E-state index in [0.717, 1.165) is 12.8 Å². The Morgan fingerprint density at radius 2 is 2.18 bits per heavy atom. The van der Waals surface area contributed by atoms with Crippen LogP contribution in [0.2, 0.25) is 0 Å². The van der Waals surface area contributed by atoms with Crippen LogP contribution in [0, 0.1) is 12.3 Å². The van der Waals surface area contributed by atoms with Gasteiger partial charge in [-0.25, -0.2) is 0 Å². The van der Waals surface area contributed by atoms with Crippen LogP contribution in [0.3, 0.4) is 0 Å². The van der Waals surface area contributed by atoms with E-state index in [0.29, 0.717) is 5.92 Å². The molecule has 0 aromatic rings. The topological polar surface area (TPSA) is 29.5 Å². The van der Waals surface area contributed by atoms with Crippen molar-refractivity contribution in [2.24, 2.45) is 5.92 Å². The first kappa shape index (κ1) is 9.01. The van der Waals surface area contributed by atoms with Gasteiger partial charge in [-0.05, 0) is 25.2 Å². The molecule has 2 heteroatoms. The molecule has 0 aliphatic heterocycles. The van der Waals surface area contributed by atoms with Gasteiger partial charge in [0.05, 0.1) is 12.2 Å². The molecule has 0 spiro atoms. The summed E-state index contributed by atoms with van der Waals surface area (Å²) in [6.07, 6.45) is 5.14. The Bertz CT molecular complexity index is 102. The maximum Gasteiger partial charge on any atom is 0.0833 e. The van der Waals surface area contributed by atoms with Crippen LogP contribution < -0.4 is 0 Å². The molecule has 3 atom stereocenters. The fourth-order valence-corrected chi connectivity index (χ4v) is 1.79. The molecule has 3 unspecified atom stereocenters. The van der Waals surface area contributed by atoms with Gasteiger partial charge in [0.2, 0.25) is 0 Å². The van der Waals surface area contributed by atoms with Gasteiger partial charge in [-0.15, -0.1) is 0 Å². The highest BCUT2D eigenvalue weighted by molar-refractivity contribution is 4.88. The van der Waals surface area contributed by atoms with Gasteiger partial charge in [0, 0.05) is 7.11 Å². The largest absolute Gasteiger partial charge is 0.390 e. The number of hydrogen-bond donors (Lipinski definition) is 1. The first-order valence-corrected chi connectivity index (χ1v) is 4.30. The first-order chi connectivity index (χ1) is 5.29. The Morgan fingerprint density at radius 3 is 2.73 bits per heavy atom. The monoisotopic (exact) mass is 157 g/mol. The summed E-state index contributed by atoms with van der Waals surface area (Å²) in [4.78, 5) is 0. The Balaban J connectivity index is 2.45. The van der Waals surface area contributed by atoms with Crippen LogP contribution in [0.25, 0.3) is 0 Å². The standard InChI is InChI=1S/C9H17O2/c1-3-7-5-4-6-8(11-2)9(7)10/h3,7-10H,4-6H2,1-2H3. The van der Waals surface area contributed by atoms with E-state index in [1.54, 1.807) is 7.11 Å². The summed E-state index contributed by atoms with van der Waals surface area (Å²) in [5.41, 5.74) is 0. The summed E-state index contributed by atoms with van der Waals surface area (Å²) in [5.74, 6) is 0.341. The summed E-state index contributed by atoms with van der Waals surface area (Å²) in [6.45, 7) is 2.01. The van der Waals surface area contributed by atoms with Crippen molar-refractivity contribution in [2.45, 2.75) is 38.4 Å². The molecule has 2 nitrogen and oxygen atoms in total. The van der Waals surface area contributed by atoms with Crippen LogP contribution in [0.15, 0.2) is 0 Å². The third-order valence-corrected chi connectivity index (χ3v) is 2.58. The zero-order valence-corrected chi connectivity index (χ0v) is 7.29. The SMILES string of the molecule is C[CH]C1CCCC(OC)C1O. The number of aliphatic hydroxyl groups excluding tert-OH is 1. The molecule has 1 radical (unpaired) electrons. The van der Waals surface area contributed by atoms with Crippen LogP contribution in [0.5, 0.6) is 0 Å². The predicted octanol–water partition coefficient (Wildman–Crippen LogP) is 1.39. The molecule has 65 valence electrons. The molecule has 1 rings (SSSR count). The Labute approximate surface area is 68.6 Å². The highest BCUT2D eigenvalue weighted by Crippen LogP contribution is 2.27. The van der Waals surface area contributed by atoms with Gasteiger partial charge in [0.15, 0.2) is 0 Å². The summed E-state index contributed by atoms with van der Waals surface area (Å²) < 4.78 is 5.17. The second-order valence-corrected chi connectivity index (χ2v) is 3.19. The molecule has 1 aliphatic carbocycles. The first-order valence-electron chi connectivity index (χ1n) is 4.30. The Hall–Kier alpha value is -0.0800. The molecule has 1 aliphatic rings. The zero-order chi connectivity index (χ0) is 8.27. The lowest BCUT2D eigenvalue weighted by Gasteiger charge is -2.33. The van der Waals surface area contributed by atoms with Gasteiger partial charge in [0.1, 0.15) is 0 Å². The van der Waals surface area contributed by atoms with Crippen LogP contribution in [-0.2, 0) is 4.74 Å². The fourth-order valence-electron chi connectivity index (χ4n) is 1.79. The molecule has 0 aromatic carbocycles. The number of rotatable bonds is 2. The van der Waals surface area contributed by atoms with E-state index < -0.39 is 0 Å². The molecule has 0 amide bonds. The van der Waals surface area contributed by atoms with Gasteiger partial charge in [-0.1, -0.05) is 13.3 Å². The van der Waals surface area contributed by atoms with Crippen molar-refractivity contribution >= 4 is 0 Å². The summed E-state index contributed by atoms with van der Waals surface area (Å²) >= 11 is 0. The Kier molecular flexibility index (Phi) is 3.34. The number of aliphatic hydroxyl groups is 1. The van der Waals surface area contributed by atoms with Crippen molar-refractivity contribution in [3.8, 4) is 0 Å². The van der Waals surface area contributed by atoms with Crippen molar-refractivity contribution in [2.75, 3.05) is 7.11 Å². The third-order valence-electron chi connectivity index (χ3n) is 2.58. The molecule has 0 bridgehead atoms. The van der Waals surface area contributed by atoms with Crippen LogP contribution >= 0.6 is 0 Å². The minimum atomic E-state index is -0.279. The van der Waals surface area contributed by atoms with Crippen molar-refractivity contribution in [1.82, 2.24) is 0 Å². The molecule has 1 N–H and O–H groups in total. The molecular formula is C9H17O2. The maximum absolute atomic E-state index is 9.67. The molecule has 1 saturated carbocycles. The van der Waals surface area contributed by atoms with E-state index in [1.165, 1.54) is 6.42 Å². The second kappa shape index (κ2) is 4.07. The normalized spacial score (nSPS) is 39.0. The lowest BCUT2D eigenvalue weighted by Crippen LogP contribution is -2.38. The molecular weight excluding hydrogens is 140 g/mol. The van der Waals surface area contributed by atoms with E-state index >= 15 is 0 Å². The third kappa shape index (κ3) is 1.94. The van der Waals surface area contributed by atoms with E-state index in [4.69, 9.17) is 4.74 Å². The van der Waals surface area contributed by atoms with Crippen molar-refractivity contribution < 1.29 is 9.84 Å². The van der Waals surface area contributed by atoms with Crippen LogP contribution in [0.1, 0.15) is 26.2 Å². The number of ether oxygens (including phenoxy) is 1. The van der Waals surface area contributed by atoms with E-state index in [1.807, 2.05) is 6.92 Å². The summed E-state index contributed by atoms with van der Waals surface area (Å²) in [5, 5.41) is 9.67. The molecule has 11 heavy (non-hydrogen) atoms. The quantitative estimate of drug-likeness (QED) is 0.656. The highest BCUT2D eigenvalue weighted by atomic mass is 16.5. The zero-order valence-electron chi connectivity index (χ0n) is 7.29. The second-order valence-electron chi connectivity index (χ2n) is 3.19. The summed E-state index contributed by atoms with van der Waals surface area (Å²) in [6, 6.07) is 0. The molecule has 0 heterocycles. The highest BCUT2D eigenvalue weighted by Gasteiger charge is 2.30. The lowest BCUT2D eigenvalue weighted by molar-refractivity contribution is -0.0583. The number of hydrogen-bond acceptors (Lipinski definition) is 2. The average molecular weight is 157 g/mol. The molecule has 0 aromatic heterocycles. The summed E-state index contributed by atoms with van der Waals surface area (Å²) in [7, 11) is 1.67. The van der Waals surface area contributed by atoms with Crippen LogP contribution in [-0.4, -0.2) is 24.4 Å². The van der Waals surface area contributed by atoms with Gasteiger partial charge in [-0.3, -0.25) is 0 Å². The van der Waals surface area contributed by atoms with Crippen LogP contribution in [0.4, 0.5) is 0 Å². The molecule has 0 saturated heterocycles. The van der Waals surface area contributed by atoms with Gasteiger partial charge >= 0.3 is 0 Å².